The molecule has 2 nitrogen and oxygen atoms in total. The molecular formula is C13H16O2S. The van der Waals surface area contributed by atoms with Crippen molar-refractivity contribution in [1.29, 1.82) is 0 Å². The number of benzene rings is 1. The number of carboxylic acid groups (broad SMARTS) is 1. The lowest BCUT2D eigenvalue weighted by Gasteiger charge is -2.23. The normalized spacial score (nSPS) is 15.6. The van der Waals surface area contributed by atoms with Gasteiger partial charge in [-0.15, -0.1) is 11.8 Å². The Morgan fingerprint density at radius 1 is 1.44 bits per heavy atom. The summed E-state index contributed by atoms with van der Waals surface area (Å²) in [4.78, 5) is 12.5. The molecule has 1 aromatic rings. The molecule has 1 aliphatic heterocycles. The SMILES string of the molecule is CC(C)(C(=O)O)c1ccc2c(c1)CCCS2. The van der Waals surface area contributed by atoms with Crippen LogP contribution in [0.1, 0.15) is 31.4 Å². The van der Waals surface area contributed by atoms with Gasteiger partial charge in [0.05, 0.1) is 5.41 Å². The van der Waals surface area contributed by atoms with Crippen LogP contribution in [0.4, 0.5) is 0 Å². The Kier molecular flexibility index (Phi) is 2.98. The molecule has 0 radical (unpaired) electrons. The fraction of sp³-hybridized carbons (Fsp3) is 0.462. The first-order valence-corrected chi connectivity index (χ1v) is 6.50. The van der Waals surface area contributed by atoms with Gasteiger partial charge in [-0.1, -0.05) is 12.1 Å². The van der Waals surface area contributed by atoms with E-state index in [0.717, 1.165) is 12.0 Å². The van der Waals surface area contributed by atoms with Crippen LogP contribution in [0.15, 0.2) is 23.1 Å². The molecular weight excluding hydrogens is 220 g/mol. The molecule has 1 aromatic carbocycles. The Morgan fingerprint density at radius 2 is 2.19 bits per heavy atom. The first-order valence-electron chi connectivity index (χ1n) is 5.51. The van der Waals surface area contributed by atoms with Gasteiger partial charge in [-0.2, -0.15) is 0 Å². The molecule has 0 saturated heterocycles. The minimum Gasteiger partial charge on any atom is -0.481 e. The van der Waals surface area contributed by atoms with Gasteiger partial charge in [-0.3, -0.25) is 4.79 Å². The maximum Gasteiger partial charge on any atom is 0.313 e. The Balaban J connectivity index is 2.40. The number of rotatable bonds is 2. The predicted octanol–water partition coefficient (Wildman–Crippen LogP) is 3.09. The van der Waals surface area contributed by atoms with Crippen molar-refractivity contribution in [2.24, 2.45) is 0 Å². The van der Waals surface area contributed by atoms with E-state index in [9.17, 15) is 9.90 Å². The van der Waals surface area contributed by atoms with Crippen LogP contribution in [0.2, 0.25) is 0 Å². The van der Waals surface area contributed by atoms with E-state index < -0.39 is 11.4 Å². The highest BCUT2D eigenvalue weighted by atomic mass is 32.2. The minimum absolute atomic E-state index is 0.768. The molecule has 86 valence electrons. The second-order valence-electron chi connectivity index (χ2n) is 4.70. The molecule has 2 rings (SSSR count). The van der Waals surface area contributed by atoms with Gasteiger partial charge in [0, 0.05) is 4.90 Å². The zero-order chi connectivity index (χ0) is 11.8. The summed E-state index contributed by atoms with van der Waals surface area (Å²) in [7, 11) is 0. The largest absolute Gasteiger partial charge is 0.481 e. The number of carbonyl (C=O) groups is 1. The minimum atomic E-state index is -0.795. The van der Waals surface area contributed by atoms with Crippen LogP contribution in [0, 0.1) is 0 Å². The summed E-state index contributed by atoms with van der Waals surface area (Å²) in [6.07, 6.45) is 2.26. The van der Waals surface area contributed by atoms with Gasteiger partial charge in [0.15, 0.2) is 0 Å². The number of hydrogen-bond donors (Lipinski definition) is 1. The molecule has 0 unspecified atom stereocenters. The third kappa shape index (κ3) is 1.96. The topological polar surface area (TPSA) is 37.3 Å². The first kappa shape index (κ1) is 11.5. The van der Waals surface area contributed by atoms with Crippen molar-refractivity contribution in [3.8, 4) is 0 Å². The van der Waals surface area contributed by atoms with Crippen molar-refractivity contribution in [3.63, 3.8) is 0 Å². The van der Waals surface area contributed by atoms with Crippen LogP contribution in [0.3, 0.4) is 0 Å². The first-order chi connectivity index (χ1) is 7.51. The molecule has 1 aliphatic rings. The van der Waals surface area contributed by atoms with E-state index in [1.807, 2.05) is 17.8 Å². The number of thioether (sulfide) groups is 1. The molecule has 0 amide bonds. The highest BCUT2D eigenvalue weighted by Gasteiger charge is 2.30. The van der Waals surface area contributed by atoms with E-state index in [-0.39, 0.29) is 0 Å². The molecule has 1 N–H and O–H groups in total. The Hall–Kier alpha value is -0.960. The number of aryl methyl sites for hydroxylation is 1. The third-order valence-electron chi connectivity index (χ3n) is 3.16. The van der Waals surface area contributed by atoms with Gasteiger partial charge < -0.3 is 5.11 Å². The summed E-state index contributed by atoms with van der Waals surface area (Å²) in [5.74, 6) is 0.408. The average Bonchev–Trinajstić information content (AvgIpc) is 2.28. The van der Waals surface area contributed by atoms with Crippen molar-refractivity contribution < 1.29 is 9.90 Å². The molecule has 0 aromatic heterocycles. The van der Waals surface area contributed by atoms with Crippen LogP contribution in [-0.4, -0.2) is 16.8 Å². The van der Waals surface area contributed by atoms with E-state index in [1.54, 1.807) is 13.8 Å². The molecule has 16 heavy (non-hydrogen) atoms. The van der Waals surface area contributed by atoms with Gasteiger partial charge in [0.25, 0.3) is 0 Å². The van der Waals surface area contributed by atoms with Crippen molar-refractivity contribution in [2.45, 2.75) is 37.0 Å². The molecule has 3 heteroatoms. The summed E-state index contributed by atoms with van der Waals surface area (Å²) in [6, 6.07) is 6.08. The number of hydrogen-bond acceptors (Lipinski definition) is 2. The number of fused-ring (bicyclic) bond motifs is 1. The van der Waals surface area contributed by atoms with Gasteiger partial charge in [0.2, 0.25) is 0 Å². The zero-order valence-corrected chi connectivity index (χ0v) is 10.4. The molecule has 0 spiro atoms. The van der Waals surface area contributed by atoms with Gasteiger partial charge in [-0.25, -0.2) is 0 Å². The van der Waals surface area contributed by atoms with E-state index in [4.69, 9.17) is 0 Å². The summed E-state index contributed by atoms with van der Waals surface area (Å²) < 4.78 is 0. The smallest absolute Gasteiger partial charge is 0.313 e. The van der Waals surface area contributed by atoms with Crippen molar-refractivity contribution in [1.82, 2.24) is 0 Å². The van der Waals surface area contributed by atoms with Gasteiger partial charge in [-0.05, 0) is 49.6 Å². The molecule has 0 atom stereocenters. The maximum absolute atomic E-state index is 11.2. The highest BCUT2D eigenvalue weighted by Crippen LogP contribution is 2.33. The van der Waals surface area contributed by atoms with Crippen LogP contribution in [-0.2, 0) is 16.6 Å². The van der Waals surface area contributed by atoms with Crippen molar-refractivity contribution in [2.75, 3.05) is 5.75 Å². The van der Waals surface area contributed by atoms with Crippen molar-refractivity contribution in [3.05, 3.63) is 29.3 Å². The summed E-state index contributed by atoms with van der Waals surface area (Å²) in [5, 5.41) is 9.19. The second-order valence-corrected chi connectivity index (χ2v) is 5.84. The number of aliphatic carboxylic acids is 1. The van der Waals surface area contributed by atoms with E-state index in [2.05, 4.69) is 12.1 Å². The molecule has 1 heterocycles. The standard InChI is InChI=1S/C13H16O2S/c1-13(2,12(14)15)10-5-6-11-9(8-10)4-3-7-16-11/h5-6,8H,3-4,7H2,1-2H3,(H,14,15). The Bertz CT molecular complexity index is 424. The zero-order valence-electron chi connectivity index (χ0n) is 9.62. The van der Waals surface area contributed by atoms with Gasteiger partial charge >= 0.3 is 5.97 Å². The quantitative estimate of drug-likeness (QED) is 0.857. The monoisotopic (exact) mass is 236 g/mol. The van der Waals surface area contributed by atoms with E-state index >= 15 is 0 Å². The summed E-state index contributed by atoms with van der Waals surface area (Å²) >= 11 is 1.87. The predicted molar refractivity (Wildman–Crippen MR) is 66.1 cm³/mol. The van der Waals surface area contributed by atoms with Gasteiger partial charge in [0.1, 0.15) is 0 Å². The lowest BCUT2D eigenvalue weighted by atomic mass is 9.83. The molecule has 0 saturated carbocycles. The highest BCUT2D eigenvalue weighted by molar-refractivity contribution is 7.99. The Morgan fingerprint density at radius 3 is 2.88 bits per heavy atom. The average molecular weight is 236 g/mol. The lowest BCUT2D eigenvalue weighted by molar-refractivity contribution is -0.142. The summed E-state index contributed by atoms with van der Waals surface area (Å²) in [6.45, 7) is 3.51. The van der Waals surface area contributed by atoms with Crippen LogP contribution < -0.4 is 0 Å². The fourth-order valence-corrected chi connectivity index (χ4v) is 2.89. The lowest BCUT2D eigenvalue weighted by Crippen LogP contribution is -2.28. The third-order valence-corrected chi connectivity index (χ3v) is 4.37. The maximum atomic E-state index is 11.2. The number of carboxylic acids is 1. The second kappa shape index (κ2) is 4.13. The van der Waals surface area contributed by atoms with Crippen LogP contribution in [0.5, 0.6) is 0 Å². The fourth-order valence-electron chi connectivity index (χ4n) is 1.87. The van der Waals surface area contributed by atoms with E-state index in [0.29, 0.717) is 0 Å². The van der Waals surface area contributed by atoms with Crippen LogP contribution >= 0.6 is 11.8 Å². The van der Waals surface area contributed by atoms with Crippen LogP contribution in [0.25, 0.3) is 0 Å². The van der Waals surface area contributed by atoms with E-state index in [1.165, 1.54) is 22.6 Å². The summed E-state index contributed by atoms with van der Waals surface area (Å²) in [5.41, 5.74) is 1.42. The Labute approximate surface area is 100 Å². The van der Waals surface area contributed by atoms with Crippen molar-refractivity contribution >= 4 is 17.7 Å². The molecule has 0 aliphatic carbocycles. The molecule has 0 bridgehead atoms. The molecule has 0 fully saturated rings.